The van der Waals surface area contributed by atoms with Crippen LogP contribution in [-0.4, -0.2) is 52.8 Å². The highest BCUT2D eigenvalue weighted by Gasteiger charge is 2.41. The molecule has 1 aliphatic heterocycles. The average molecular weight is 231 g/mol. The first kappa shape index (κ1) is 11.1. The second-order valence-electron chi connectivity index (χ2n) is 4.19. The quantitative estimate of drug-likeness (QED) is 0.642. The maximum atomic E-state index is 11.6. The van der Waals surface area contributed by atoms with Gasteiger partial charge in [-0.3, -0.25) is 13.9 Å². The predicted octanol–water partition coefficient (Wildman–Crippen LogP) is 0.00230. The van der Waals surface area contributed by atoms with Gasteiger partial charge in [0.1, 0.15) is 6.04 Å². The van der Waals surface area contributed by atoms with Gasteiger partial charge in [0.15, 0.2) is 0 Å². The first-order valence-electron chi connectivity index (χ1n) is 5.39. The lowest BCUT2D eigenvalue weighted by atomic mass is 10.1. The van der Waals surface area contributed by atoms with Crippen molar-refractivity contribution in [2.24, 2.45) is 5.92 Å². The molecule has 1 heterocycles. The summed E-state index contributed by atoms with van der Waals surface area (Å²) in [5.41, 5.74) is 0. The van der Waals surface area contributed by atoms with Crippen LogP contribution in [0.25, 0.3) is 0 Å². The third-order valence-corrected chi connectivity index (χ3v) is 4.39. The minimum absolute atomic E-state index is 0.0766. The molecule has 86 valence electrons. The second kappa shape index (κ2) is 4.61. The van der Waals surface area contributed by atoms with E-state index in [2.05, 4.69) is 4.90 Å². The molecule has 1 atom stereocenters. The van der Waals surface area contributed by atoms with Crippen molar-refractivity contribution in [3.8, 4) is 0 Å². The Morgan fingerprint density at radius 2 is 2.00 bits per heavy atom. The Balaban J connectivity index is 1.98. The molecule has 1 aliphatic carbocycles. The average Bonchev–Trinajstić information content (AvgIpc) is 3.05. The van der Waals surface area contributed by atoms with E-state index in [9.17, 15) is 9.00 Å². The zero-order valence-corrected chi connectivity index (χ0v) is 9.79. The van der Waals surface area contributed by atoms with Gasteiger partial charge in [-0.1, -0.05) is 0 Å². The number of hydrogen-bond acceptors (Lipinski definition) is 4. The number of esters is 1. The molecule has 0 aromatic carbocycles. The molecule has 0 amide bonds. The van der Waals surface area contributed by atoms with Crippen molar-refractivity contribution in [3.05, 3.63) is 0 Å². The van der Waals surface area contributed by atoms with E-state index in [0.29, 0.717) is 17.4 Å². The normalized spacial score (nSPS) is 26.2. The summed E-state index contributed by atoms with van der Waals surface area (Å²) in [5.74, 6) is 1.75. The van der Waals surface area contributed by atoms with Gasteiger partial charge in [0, 0.05) is 35.4 Å². The maximum Gasteiger partial charge on any atom is 0.323 e. The summed E-state index contributed by atoms with van der Waals surface area (Å²) >= 11 is 0. The summed E-state index contributed by atoms with van der Waals surface area (Å²) in [4.78, 5) is 13.8. The Labute approximate surface area is 92.4 Å². The van der Waals surface area contributed by atoms with Gasteiger partial charge in [-0.2, -0.15) is 0 Å². The summed E-state index contributed by atoms with van der Waals surface area (Å²) < 4.78 is 16.1. The first-order valence-corrected chi connectivity index (χ1v) is 6.88. The van der Waals surface area contributed by atoms with E-state index >= 15 is 0 Å². The fourth-order valence-electron chi connectivity index (χ4n) is 2.10. The predicted molar refractivity (Wildman–Crippen MR) is 58.0 cm³/mol. The van der Waals surface area contributed by atoms with E-state index in [0.717, 1.165) is 25.9 Å². The Kier molecular flexibility index (Phi) is 3.41. The Hall–Kier alpha value is -0.420. The van der Waals surface area contributed by atoms with E-state index in [-0.39, 0.29) is 12.0 Å². The minimum atomic E-state index is -0.679. The van der Waals surface area contributed by atoms with Crippen LogP contribution < -0.4 is 0 Å². The third kappa shape index (κ3) is 2.58. The number of carbonyl (C=O) groups excluding carboxylic acids is 1. The van der Waals surface area contributed by atoms with E-state index < -0.39 is 10.8 Å². The van der Waals surface area contributed by atoms with Crippen LogP contribution in [0.15, 0.2) is 0 Å². The molecule has 15 heavy (non-hydrogen) atoms. The number of methoxy groups -OCH3 is 1. The smallest absolute Gasteiger partial charge is 0.323 e. The van der Waals surface area contributed by atoms with Crippen molar-refractivity contribution in [2.45, 2.75) is 18.9 Å². The molecule has 2 rings (SSSR count). The molecule has 0 spiro atoms. The van der Waals surface area contributed by atoms with Crippen LogP contribution in [0.5, 0.6) is 0 Å². The van der Waals surface area contributed by atoms with Crippen molar-refractivity contribution in [3.63, 3.8) is 0 Å². The number of hydrogen-bond donors (Lipinski definition) is 0. The van der Waals surface area contributed by atoms with Gasteiger partial charge in [-0.25, -0.2) is 0 Å². The van der Waals surface area contributed by atoms with Gasteiger partial charge >= 0.3 is 5.97 Å². The van der Waals surface area contributed by atoms with E-state index in [1.165, 1.54) is 7.11 Å². The molecule has 1 saturated heterocycles. The highest BCUT2D eigenvalue weighted by atomic mass is 32.2. The molecule has 4 nitrogen and oxygen atoms in total. The van der Waals surface area contributed by atoms with Crippen molar-refractivity contribution >= 4 is 16.8 Å². The molecule has 0 bridgehead atoms. The van der Waals surface area contributed by atoms with E-state index in [1.807, 2.05) is 0 Å². The fraction of sp³-hybridized carbons (Fsp3) is 0.900. The third-order valence-electron chi connectivity index (χ3n) is 3.12. The molecule has 0 N–H and O–H groups in total. The van der Waals surface area contributed by atoms with Gasteiger partial charge in [-0.15, -0.1) is 0 Å². The largest absolute Gasteiger partial charge is 0.468 e. The summed E-state index contributed by atoms with van der Waals surface area (Å²) in [7, 11) is 0.765. The maximum absolute atomic E-state index is 11.6. The van der Waals surface area contributed by atoms with Crippen LogP contribution >= 0.6 is 0 Å². The molecule has 0 aromatic rings. The minimum Gasteiger partial charge on any atom is -0.468 e. The van der Waals surface area contributed by atoms with Gasteiger partial charge in [0.05, 0.1) is 7.11 Å². The van der Waals surface area contributed by atoms with Crippen LogP contribution in [-0.2, 0) is 20.3 Å². The lowest BCUT2D eigenvalue weighted by Gasteiger charge is -2.32. The van der Waals surface area contributed by atoms with Crippen molar-refractivity contribution in [2.75, 3.05) is 31.7 Å². The Bertz CT molecular complexity index is 268. The van der Waals surface area contributed by atoms with Crippen LogP contribution in [0.3, 0.4) is 0 Å². The van der Waals surface area contributed by atoms with Crippen LogP contribution in [0.2, 0.25) is 0 Å². The van der Waals surface area contributed by atoms with Gasteiger partial charge in [0.25, 0.3) is 0 Å². The topological polar surface area (TPSA) is 46.6 Å². The number of rotatable bonds is 3. The van der Waals surface area contributed by atoms with Gasteiger partial charge < -0.3 is 4.74 Å². The lowest BCUT2D eigenvalue weighted by molar-refractivity contribution is -0.147. The first-order chi connectivity index (χ1) is 7.22. The van der Waals surface area contributed by atoms with Crippen molar-refractivity contribution < 1.29 is 13.7 Å². The Morgan fingerprint density at radius 3 is 2.47 bits per heavy atom. The number of carbonyl (C=O) groups is 1. The molecule has 5 heteroatoms. The van der Waals surface area contributed by atoms with Crippen LogP contribution in [0, 0.1) is 5.92 Å². The monoisotopic (exact) mass is 231 g/mol. The van der Waals surface area contributed by atoms with Crippen molar-refractivity contribution in [1.29, 1.82) is 0 Å². The standard InChI is InChI=1S/C10H17NO3S/c1-14-10(12)9(8-2-3-8)11-4-6-15(13)7-5-11/h8-9H,2-7H2,1H3. The molecule has 2 fully saturated rings. The molecule has 2 aliphatic rings. The van der Waals surface area contributed by atoms with Gasteiger partial charge in [-0.05, 0) is 18.8 Å². The van der Waals surface area contributed by atoms with Crippen LogP contribution in [0.4, 0.5) is 0 Å². The highest BCUT2D eigenvalue weighted by Crippen LogP contribution is 2.36. The summed E-state index contributed by atoms with van der Waals surface area (Å²) in [6, 6.07) is -0.0766. The van der Waals surface area contributed by atoms with E-state index in [4.69, 9.17) is 4.74 Å². The number of ether oxygens (including phenoxy) is 1. The molecular weight excluding hydrogens is 214 g/mol. The lowest BCUT2D eigenvalue weighted by Crippen LogP contribution is -2.49. The number of nitrogens with zero attached hydrogens (tertiary/aromatic N) is 1. The highest BCUT2D eigenvalue weighted by molar-refractivity contribution is 7.85. The fourth-order valence-corrected chi connectivity index (χ4v) is 3.18. The zero-order valence-electron chi connectivity index (χ0n) is 8.98. The SMILES string of the molecule is COC(=O)C(C1CC1)N1CCS(=O)CC1. The van der Waals surface area contributed by atoms with Gasteiger partial charge in [0.2, 0.25) is 0 Å². The molecule has 0 radical (unpaired) electrons. The summed E-state index contributed by atoms with van der Waals surface area (Å²) in [5, 5.41) is 0. The summed E-state index contributed by atoms with van der Waals surface area (Å²) in [6.07, 6.45) is 2.25. The second-order valence-corrected chi connectivity index (χ2v) is 5.89. The van der Waals surface area contributed by atoms with Crippen LogP contribution in [0.1, 0.15) is 12.8 Å². The van der Waals surface area contributed by atoms with Crippen molar-refractivity contribution in [1.82, 2.24) is 4.90 Å². The zero-order chi connectivity index (χ0) is 10.8. The molecule has 0 aromatic heterocycles. The molecule has 1 saturated carbocycles. The Morgan fingerprint density at radius 1 is 1.40 bits per heavy atom. The molecular formula is C10H17NO3S. The van der Waals surface area contributed by atoms with E-state index in [1.54, 1.807) is 0 Å². The molecule has 1 unspecified atom stereocenters. The summed E-state index contributed by atoms with van der Waals surface area (Å²) in [6.45, 7) is 1.53.